The number of hydrogen-bond donors (Lipinski definition) is 0. The Morgan fingerprint density at radius 3 is 0.486 bits per heavy atom. The quantitative estimate of drug-likeness (QED) is 0.0952. The average molecular weight is 1750 g/mol. The second-order valence-corrected chi connectivity index (χ2v) is 35.8. The molecule has 138 heavy (non-hydrogen) atoms. The van der Waals surface area contributed by atoms with E-state index in [9.17, 15) is 0 Å². The van der Waals surface area contributed by atoms with E-state index in [1.165, 1.54) is 253 Å². The summed E-state index contributed by atoms with van der Waals surface area (Å²) in [5.74, 6) is 0. The average Bonchev–Trinajstić information content (AvgIpc) is 0.734. The third-order valence-corrected chi connectivity index (χ3v) is 27.8. The van der Waals surface area contributed by atoms with Crippen molar-refractivity contribution in [3.05, 3.63) is 558 Å². The van der Waals surface area contributed by atoms with Gasteiger partial charge in [-0.25, -0.2) is 0 Å². The molecular weight excluding hydrogens is 1660 g/mol. The highest BCUT2D eigenvalue weighted by Crippen LogP contribution is 2.52. The van der Waals surface area contributed by atoms with Crippen molar-refractivity contribution in [2.24, 2.45) is 0 Å². The van der Waals surface area contributed by atoms with Gasteiger partial charge in [-0.1, -0.05) is 516 Å². The minimum Gasteiger partial charge on any atom is -0.0622 e. The van der Waals surface area contributed by atoms with Crippen LogP contribution in [0.5, 0.6) is 0 Å². The standard InChI is InChI=1S/2C48H32.C42H28/c1-3-14-33(15-4-1)36-18-13-19-37(30-36)38-28-26-34-27-29-39(32-40(34)31-38)47-43-22-9-11-24-45(43)48(46-25-12-10-23-44(46)47)42-21-8-7-20-41(42)35-16-5-2-6-17-35;1-3-13-33(14-4-1)34-23-25-35(26-24-34)38-29-27-36-28-30-39(32-40(36)31-38)47-43-19-9-11-21-45(43)48(46-22-12-10-20-44(46)47)42-18-8-7-17-41(42)37-15-5-2-6-16-37;1-3-13-29(14-4-1)32-25-23-30-24-26-33(28-34(30)27-32)41-37-19-9-11-21-39(37)42(40-22-12-10-20-38(40)41)36-18-8-7-17-35(36)31-15-5-2-6-16-31/h2*1-32H;1-28H. The Hall–Kier alpha value is -17.9. The Kier molecular flexibility index (Phi) is 22.2. The van der Waals surface area contributed by atoms with Crippen LogP contribution in [0, 0.1) is 0 Å². The molecule has 0 spiro atoms. The first-order chi connectivity index (χ1) is 68.5. The third-order valence-electron chi connectivity index (χ3n) is 27.8. The van der Waals surface area contributed by atoms with Crippen molar-refractivity contribution in [1.82, 2.24) is 0 Å². The molecule has 0 aromatic heterocycles. The summed E-state index contributed by atoms with van der Waals surface area (Å²) >= 11 is 0. The Morgan fingerprint density at radius 1 is 0.0725 bits per heavy atom. The molecule has 0 atom stereocenters. The first-order valence-electron chi connectivity index (χ1n) is 47.7. The Bertz CT molecular complexity index is 8900. The van der Waals surface area contributed by atoms with E-state index >= 15 is 0 Å². The molecule has 644 valence electrons. The fourth-order valence-corrected chi connectivity index (χ4v) is 21.3. The van der Waals surface area contributed by atoms with Gasteiger partial charge in [0.2, 0.25) is 0 Å². The number of hydrogen-bond acceptors (Lipinski definition) is 0. The molecule has 0 heteroatoms. The highest BCUT2D eigenvalue weighted by molar-refractivity contribution is 6.26. The largest absolute Gasteiger partial charge is 0.0622 e. The van der Waals surface area contributed by atoms with Gasteiger partial charge in [-0.3, -0.25) is 0 Å². The highest BCUT2D eigenvalue weighted by Gasteiger charge is 2.25. The zero-order valence-electron chi connectivity index (χ0n) is 76.1. The van der Waals surface area contributed by atoms with Crippen LogP contribution in [0.15, 0.2) is 558 Å². The van der Waals surface area contributed by atoms with Crippen LogP contribution in [0.2, 0.25) is 0 Å². The van der Waals surface area contributed by atoms with Crippen molar-refractivity contribution in [2.45, 2.75) is 0 Å². The molecular formula is C138H92. The van der Waals surface area contributed by atoms with Crippen LogP contribution >= 0.6 is 0 Å². The lowest BCUT2D eigenvalue weighted by molar-refractivity contribution is 1.60. The van der Waals surface area contributed by atoms with E-state index in [0.717, 1.165) is 0 Å². The molecule has 0 fully saturated rings. The van der Waals surface area contributed by atoms with Crippen molar-refractivity contribution >= 4 is 97.0 Å². The maximum atomic E-state index is 2.38. The first kappa shape index (κ1) is 83.2. The van der Waals surface area contributed by atoms with E-state index in [-0.39, 0.29) is 0 Å². The Morgan fingerprint density at radius 2 is 0.225 bits per heavy atom. The summed E-state index contributed by atoms with van der Waals surface area (Å²) in [6.45, 7) is 0. The smallest absolute Gasteiger partial charge is 0.00201 e. The fourth-order valence-electron chi connectivity index (χ4n) is 21.3. The van der Waals surface area contributed by atoms with Gasteiger partial charge in [0.15, 0.2) is 0 Å². The minimum absolute atomic E-state index is 1.22. The molecule has 0 saturated carbocycles. The molecule has 0 amide bonds. The van der Waals surface area contributed by atoms with Crippen molar-refractivity contribution in [2.75, 3.05) is 0 Å². The topological polar surface area (TPSA) is 0 Å². The summed E-state index contributed by atoms with van der Waals surface area (Å²) in [6, 6.07) is 203. The number of benzene rings is 26. The van der Waals surface area contributed by atoms with Crippen LogP contribution in [-0.2, 0) is 0 Å². The molecule has 26 aromatic carbocycles. The van der Waals surface area contributed by atoms with Crippen LogP contribution in [0.1, 0.15) is 0 Å². The Labute approximate surface area is 804 Å². The van der Waals surface area contributed by atoms with Crippen molar-refractivity contribution in [1.29, 1.82) is 0 Å². The molecule has 26 rings (SSSR count). The second-order valence-electron chi connectivity index (χ2n) is 35.8. The molecule has 0 heterocycles. The summed E-state index contributed by atoms with van der Waals surface area (Å²) < 4.78 is 0. The van der Waals surface area contributed by atoms with Gasteiger partial charge < -0.3 is 0 Å². The third kappa shape index (κ3) is 15.9. The van der Waals surface area contributed by atoms with Gasteiger partial charge in [0, 0.05) is 0 Å². The summed E-state index contributed by atoms with van der Waals surface area (Å²) in [5, 5.41) is 22.7. The predicted molar refractivity (Wildman–Crippen MR) is 593 cm³/mol. The van der Waals surface area contributed by atoms with E-state index in [2.05, 4.69) is 558 Å². The SMILES string of the molecule is c1ccc(-c2ccc(-c3ccc4ccc(-c5c6ccccc6c(-c6ccccc6-c6ccccc6)c6ccccc56)cc4c3)cc2)cc1.c1ccc(-c2ccc3ccc(-c4c5ccccc5c(-c5ccccc5-c5ccccc5)c5ccccc45)cc3c2)cc1.c1ccc(-c2cccc(-c3ccc4ccc(-c5c6ccccc6c(-c6ccccc6-c6ccccc6)c6ccccc56)cc4c3)c2)cc1. The molecule has 0 aliphatic heterocycles. The second kappa shape index (κ2) is 36.9. The molecule has 0 aliphatic carbocycles. The lowest BCUT2D eigenvalue weighted by atomic mass is 9.83. The molecule has 0 nitrogen and oxygen atoms in total. The van der Waals surface area contributed by atoms with Crippen LogP contribution in [0.4, 0.5) is 0 Å². The van der Waals surface area contributed by atoms with Crippen LogP contribution in [-0.4, -0.2) is 0 Å². The highest BCUT2D eigenvalue weighted by atomic mass is 14.3. The lowest BCUT2D eigenvalue weighted by Gasteiger charge is -2.20. The normalized spacial score (nSPS) is 11.3. The summed E-state index contributed by atoms with van der Waals surface area (Å²) in [7, 11) is 0. The van der Waals surface area contributed by atoms with Crippen LogP contribution < -0.4 is 0 Å². The molecule has 0 aliphatic rings. The fraction of sp³-hybridized carbons (Fsp3) is 0. The number of rotatable bonds is 14. The van der Waals surface area contributed by atoms with Crippen LogP contribution in [0.3, 0.4) is 0 Å². The monoisotopic (exact) mass is 1750 g/mol. The maximum Gasteiger partial charge on any atom is -0.00201 e. The molecule has 0 bridgehead atoms. The van der Waals surface area contributed by atoms with Gasteiger partial charge in [-0.05, 0) is 295 Å². The van der Waals surface area contributed by atoms with Crippen molar-refractivity contribution in [3.8, 4) is 156 Å². The van der Waals surface area contributed by atoms with E-state index in [4.69, 9.17) is 0 Å². The minimum atomic E-state index is 1.22. The first-order valence-corrected chi connectivity index (χ1v) is 47.7. The molecule has 26 aromatic rings. The van der Waals surface area contributed by atoms with E-state index in [1.54, 1.807) is 0 Å². The summed E-state index contributed by atoms with van der Waals surface area (Å²) in [6.07, 6.45) is 0. The van der Waals surface area contributed by atoms with Gasteiger partial charge in [0.05, 0.1) is 0 Å². The maximum absolute atomic E-state index is 2.38. The summed E-state index contributed by atoms with van der Waals surface area (Å²) in [4.78, 5) is 0. The van der Waals surface area contributed by atoms with Crippen molar-refractivity contribution in [3.63, 3.8) is 0 Å². The molecule has 0 saturated heterocycles. The van der Waals surface area contributed by atoms with Gasteiger partial charge in [0.1, 0.15) is 0 Å². The van der Waals surface area contributed by atoms with Gasteiger partial charge in [-0.15, -0.1) is 0 Å². The molecule has 0 unspecified atom stereocenters. The van der Waals surface area contributed by atoms with Gasteiger partial charge in [0.25, 0.3) is 0 Å². The molecule has 0 radical (unpaired) electrons. The van der Waals surface area contributed by atoms with E-state index in [0.29, 0.717) is 0 Å². The zero-order chi connectivity index (χ0) is 91.6. The zero-order valence-corrected chi connectivity index (χ0v) is 76.1. The van der Waals surface area contributed by atoms with E-state index < -0.39 is 0 Å². The predicted octanol–water partition coefficient (Wildman–Crippen LogP) is 38.8. The molecule has 0 N–H and O–H groups in total. The summed E-state index contributed by atoms with van der Waals surface area (Å²) in [5.41, 5.74) is 34.9. The number of fused-ring (bicyclic) bond motifs is 9. The van der Waals surface area contributed by atoms with Gasteiger partial charge in [-0.2, -0.15) is 0 Å². The van der Waals surface area contributed by atoms with Crippen LogP contribution in [0.25, 0.3) is 253 Å². The van der Waals surface area contributed by atoms with E-state index in [1.807, 2.05) is 0 Å². The van der Waals surface area contributed by atoms with Gasteiger partial charge >= 0.3 is 0 Å². The Balaban J connectivity index is 0.000000113. The van der Waals surface area contributed by atoms with Crippen molar-refractivity contribution < 1.29 is 0 Å². The lowest BCUT2D eigenvalue weighted by Crippen LogP contribution is -1.92.